The Labute approximate surface area is 165 Å². The van der Waals surface area contributed by atoms with Crippen molar-refractivity contribution in [1.29, 1.82) is 0 Å². The fourth-order valence-electron chi connectivity index (χ4n) is 1.49. The lowest BCUT2D eigenvalue weighted by atomic mass is 10.3. The maximum Gasteiger partial charge on any atom is 0.408 e. The second-order valence-corrected chi connectivity index (χ2v) is 5.10. The molecule has 27 heavy (non-hydrogen) atoms. The van der Waals surface area contributed by atoms with Gasteiger partial charge in [0.05, 0.1) is 2.74 Å². The van der Waals surface area contributed by atoms with Gasteiger partial charge in [-0.25, -0.2) is 4.98 Å². The fraction of sp³-hybridized carbons (Fsp3) is 0.429. The molecule has 0 aromatic carbocycles. The average Bonchev–Trinajstić information content (AvgIpc) is 2.64. The summed E-state index contributed by atoms with van der Waals surface area (Å²) in [6, 6.07) is -6.90. The van der Waals surface area contributed by atoms with E-state index in [-0.39, 0.29) is 0 Å². The highest BCUT2D eigenvalue weighted by Gasteiger charge is 2.38. The van der Waals surface area contributed by atoms with E-state index in [9.17, 15) is 26.3 Å². The molecule has 6 nitrogen and oxygen atoms in total. The molecule has 0 amide bonds. The van der Waals surface area contributed by atoms with E-state index in [1.807, 2.05) is 0 Å². The lowest BCUT2D eigenvalue weighted by Crippen LogP contribution is -2.35. The van der Waals surface area contributed by atoms with Crippen molar-refractivity contribution >= 4 is 23.5 Å². The molecule has 0 radical (unpaired) electrons. The summed E-state index contributed by atoms with van der Waals surface area (Å²) in [7, 11) is 0. The van der Waals surface area contributed by atoms with Crippen LogP contribution in [0.4, 0.5) is 38.2 Å². The van der Waals surface area contributed by atoms with Crippen LogP contribution in [0.3, 0.4) is 0 Å². The van der Waals surface area contributed by atoms with Crippen LogP contribution >= 0.6 is 11.6 Å². The van der Waals surface area contributed by atoms with E-state index in [2.05, 4.69) is 19.9 Å². The van der Waals surface area contributed by atoms with Gasteiger partial charge in [-0.2, -0.15) is 41.3 Å². The van der Waals surface area contributed by atoms with Crippen LogP contribution in [-0.2, 0) is 0 Å². The Bertz CT molecular complexity index is 974. The van der Waals surface area contributed by atoms with Crippen molar-refractivity contribution < 1.29 is 37.3 Å². The molecule has 148 valence electrons. The quantitative estimate of drug-likeness (QED) is 0.552. The van der Waals surface area contributed by atoms with Crippen LogP contribution in [0.1, 0.15) is 24.7 Å². The standard InChI is InChI=1S/C14H13ClF6N6/c1-6(13(16,17)18)22-11-25-10(8-4-3-5-9(15)24-8)26-12(27-11)23-7(2)14(19,20)21/h3-7H,1-2H3,(H2,22,23,25,26,27)/t6-,7-/m1/s1/i1D3,2D3,3D,5D. The Kier molecular flexibility index (Phi) is 3.47. The minimum Gasteiger partial charge on any atom is -0.343 e. The molecule has 2 atom stereocenters. The highest BCUT2D eigenvalue weighted by atomic mass is 35.5. The Hall–Kier alpha value is -2.37. The summed E-state index contributed by atoms with van der Waals surface area (Å²) in [6.07, 6.45) is -10.8. The molecule has 2 heterocycles. The van der Waals surface area contributed by atoms with E-state index in [0.29, 0.717) is 0 Å². The second-order valence-electron chi connectivity index (χ2n) is 4.75. The molecule has 0 fully saturated rings. The zero-order valence-electron chi connectivity index (χ0n) is 20.7. The van der Waals surface area contributed by atoms with Crippen molar-refractivity contribution in [2.75, 3.05) is 10.6 Å². The smallest absolute Gasteiger partial charge is 0.343 e. The Morgan fingerprint density at radius 3 is 1.89 bits per heavy atom. The lowest BCUT2D eigenvalue weighted by Gasteiger charge is -2.20. The SMILES string of the molecule is [2H]c1cc(-c2nc(N[C@H](C([2H])([2H])[2H])C(F)(F)F)nc(N[C@H](C([2H])([2H])[2H])C(F)(F)F)n2)nc(Cl)c1[2H]. The summed E-state index contributed by atoms with van der Waals surface area (Å²) in [5, 5.41) is 2.29. The van der Waals surface area contributed by atoms with Crippen molar-refractivity contribution in [3.63, 3.8) is 0 Å². The molecule has 0 aliphatic heterocycles. The largest absolute Gasteiger partial charge is 0.408 e. The first-order valence-corrected chi connectivity index (χ1v) is 7.05. The van der Waals surface area contributed by atoms with Gasteiger partial charge in [-0.15, -0.1) is 0 Å². The van der Waals surface area contributed by atoms with E-state index in [1.54, 1.807) is 0 Å². The van der Waals surface area contributed by atoms with Crippen molar-refractivity contribution in [1.82, 2.24) is 19.9 Å². The number of anilines is 2. The van der Waals surface area contributed by atoms with E-state index in [1.165, 1.54) is 10.6 Å². The number of hydrogen-bond donors (Lipinski definition) is 2. The van der Waals surface area contributed by atoms with E-state index < -0.39 is 78.8 Å². The van der Waals surface area contributed by atoms with Crippen LogP contribution in [0.25, 0.3) is 11.5 Å². The summed E-state index contributed by atoms with van der Waals surface area (Å²) < 4.78 is 137. The maximum atomic E-state index is 13.3. The van der Waals surface area contributed by atoms with E-state index in [0.717, 1.165) is 6.07 Å². The maximum absolute atomic E-state index is 13.3. The van der Waals surface area contributed by atoms with Crippen molar-refractivity contribution in [2.45, 2.75) is 38.1 Å². The molecule has 13 heteroatoms. The molecular formula is C14H13ClF6N6. The molecule has 2 aromatic heterocycles. The normalized spacial score (nSPS) is 19.8. The third-order valence-corrected chi connectivity index (χ3v) is 2.85. The summed E-state index contributed by atoms with van der Waals surface area (Å²) in [5.41, 5.74) is -0.514. The zero-order valence-corrected chi connectivity index (χ0v) is 13.4. The Morgan fingerprint density at radius 1 is 0.963 bits per heavy atom. The van der Waals surface area contributed by atoms with E-state index in [4.69, 9.17) is 22.6 Å². The van der Waals surface area contributed by atoms with Crippen molar-refractivity contribution in [3.8, 4) is 11.5 Å². The summed E-state index contributed by atoms with van der Waals surface area (Å²) >= 11 is 5.69. The topological polar surface area (TPSA) is 75.6 Å². The van der Waals surface area contributed by atoms with Gasteiger partial charge in [0.25, 0.3) is 0 Å². The molecule has 0 saturated heterocycles. The van der Waals surface area contributed by atoms with Gasteiger partial charge < -0.3 is 10.6 Å². The third kappa shape index (κ3) is 5.81. The van der Waals surface area contributed by atoms with Gasteiger partial charge in [-0.3, -0.25) is 0 Å². The van der Waals surface area contributed by atoms with E-state index >= 15 is 0 Å². The average molecular weight is 423 g/mol. The molecular weight excluding hydrogens is 402 g/mol. The molecule has 2 rings (SSSR count). The number of alkyl halides is 6. The van der Waals surface area contributed by atoms with Gasteiger partial charge in [0.15, 0.2) is 5.82 Å². The Balaban J connectivity index is 2.70. The van der Waals surface area contributed by atoms with Crippen LogP contribution < -0.4 is 10.6 Å². The molecule has 0 saturated carbocycles. The van der Waals surface area contributed by atoms with Gasteiger partial charge in [-0.1, -0.05) is 17.6 Å². The first-order valence-electron chi connectivity index (χ1n) is 10.7. The number of nitrogens with one attached hydrogen (secondary N) is 2. The molecule has 0 unspecified atom stereocenters. The molecule has 0 spiro atoms. The predicted octanol–water partition coefficient (Wildman–Crippen LogP) is 4.31. The first-order chi connectivity index (χ1) is 15.6. The van der Waals surface area contributed by atoms with Crippen LogP contribution in [-0.4, -0.2) is 44.4 Å². The van der Waals surface area contributed by atoms with Crippen LogP contribution in [0, 0.1) is 0 Å². The molecule has 0 aliphatic carbocycles. The zero-order chi connectivity index (χ0) is 27.1. The van der Waals surface area contributed by atoms with Gasteiger partial charge >= 0.3 is 12.4 Å². The minimum atomic E-state index is -5.40. The van der Waals surface area contributed by atoms with Gasteiger partial charge in [-0.05, 0) is 25.8 Å². The summed E-state index contributed by atoms with van der Waals surface area (Å²) in [4.78, 5) is 13.9. The number of aromatic nitrogens is 4. The van der Waals surface area contributed by atoms with Crippen molar-refractivity contribution in [3.05, 3.63) is 23.3 Å². The number of hydrogen-bond acceptors (Lipinski definition) is 6. The minimum absolute atomic E-state index is 0.514. The predicted molar refractivity (Wildman–Crippen MR) is 86.3 cm³/mol. The van der Waals surface area contributed by atoms with Crippen LogP contribution in [0.15, 0.2) is 18.2 Å². The van der Waals surface area contributed by atoms with Gasteiger partial charge in [0.2, 0.25) is 11.9 Å². The molecule has 2 aromatic rings. The number of pyridine rings is 1. The third-order valence-electron chi connectivity index (χ3n) is 2.67. The molecule has 0 aliphatic rings. The molecule has 2 N–H and O–H groups in total. The first kappa shape index (κ1) is 12.2. The number of halogens is 7. The summed E-state index contributed by atoms with van der Waals surface area (Å²) in [6.45, 7) is -7.43. The second kappa shape index (κ2) is 7.71. The highest BCUT2D eigenvalue weighted by molar-refractivity contribution is 6.29. The lowest BCUT2D eigenvalue weighted by molar-refractivity contribution is -0.139. The van der Waals surface area contributed by atoms with Crippen molar-refractivity contribution in [2.24, 2.45) is 0 Å². The van der Waals surface area contributed by atoms with Crippen LogP contribution in [0.2, 0.25) is 5.15 Å². The monoisotopic (exact) mass is 422 g/mol. The Morgan fingerprint density at radius 2 is 1.48 bits per heavy atom. The highest BCUT2D eigenvalue weighted by Crippen LogP contribution is 2.26. The van der Waals surface area contributed by atoms with Crippen LogP contribution in [0.5, 0.6) is 0 Å². The molecule has 0 bridgehead atoms. The number of rotatable bonds is 5. The fourth-order valence-corrected chi connectivity index (χ4v) is 1.63. The van der Waals surface area contributed by atoms with Gasteiger partial charge in [0, 0.05) is 8.22 Å². The number of nitrogens with zero attached hydrogens (tertiary/aromatic N) is 4. The van der Waals surface area contributed by atoms with Gasteiger partial charge in [0.1, 0.15) is 22.9 Å². The summed E-state index contributed by atoms with van der Waals surface area (Å²) in [5.74, 6) is -3.22.